The number of H-pyrrole nitrogens is 1. The number of imidazole rings is 1. The van der Waals surface area contributed by atoms with Gasteiger partial charge in [0.05, 0.1) is 0 Å². The second-order valence-electron chi connectivity index (χ2n) is 6.41. The van der Waals surface area contributed by atoms with Crippen molar-refractivity contribution in [3.63, 3.8) is 0 Å². The Labute approximate surface area is 134 Å². The van der Waals surface area contributed by atoms with Gasteiger partial charge in [-0.15, -0.1) is 0 Å². The minimum Gasteiger partial charge on any atom is -0.353 e. The third-order valence-electron chi connectivity index (χ3n) is 4.68. The number of fused-ring (bicyclic) bond motifs is 1. The molecule has 0 bridgehead atoms. The van der Waals surface area contributed by atoms with Crippen LogP contribution < -0.4 is 16.6 Å². The lowest BCUT2D eigenvalue weighted by atomic mass is 9.96. The van der Waals surface area contributed by atoms with Gasteiger partial charge in [-0.25, -0.2) is 4.79 Å². The number of hydrogen-bond donors (Lipinski definition) is 2. The molecule has 7 heteroatoms. The summed E-state index contributed by atoms with van der Waals surface area (Å²) in [6, 6.07) is 0.400. The van der Waals surface area contributed by atoms with E-state index in [2.05, 4.69) is 22.2 Å². The second kappa shape index (κ2) is 6.60. The van der Waals surface area contributed by atoms with Crippen molar-refractivity contribution in [3.05, 3.63) is 20.8 Å². The van der Waals surface area contributed by atoms with E-state index in [9.17, 15) is 9.59 Å². The molecule has 0 spiro atoms. The average Bonchev–Trinajstić information content (AvgIpc) is 2.90. The zero-order chi connectivity index (χ0) is 16.4. The van der Waals surface area contributed by atoms with E-state index in [0.717, 1.165) is 32.2 Å². The van der Waals surface area contributed by atoms with Crippen molar-refractivity contribution in [2.45, 2.75) is 64.5 Å². The van der Waals surface area contributed by atoms with Crippen LogP contribution in [0.3, 0.4) is 0 Å². The molecule has 0 unspecified atom stereocenters. The molecule has 0 atom stereocenters. The predicted molar refractivity (Wildman–Crippen MR) is 91.0 cm³/mol. The third-order valence-corrected chi connectivity index (χ3v) is 4.68. The Balaban J connectivity index is 2.07. The maximum atomic E-state index is 12.3. The highest BCUT2D eigenvalue weighted by Gasteiger charge is 2.20. The first-order valence-corrected chi connectivity index (χ1v) is 8.58. The number of rotatable bonds is 5. The maximum Gasteiger partial charge on any atom is 0.329 e. The molecule has 0 aromatic carbocycles. The van der Waals surface area contributed by atoms with Gasteiger partial charge in [-0.1, -0.05) is 32.6 Å². The quantitative estimate of drug-likeness (QED) is 0.882. The van der Waals surface area contributed by atoms with Gasteiger partial charge in [0, 0.05) is 19.6 Å². The molecule has 1 fully saturated rings. The van der Waals surface area contributed by atoms with Crippen LogP contribution in [0.15, 0.2) is 9.59 Å². The van der Waals surface area contributed by atoms with Crippen LogP contribution >= 0.6 is 0 Å². The fourth-order valence-corrected chi connectivity index (χ4v) is 3.31. The summed E-state index contributed by atoms with van der Waals surface area (Å²) >= 11 is 0. The van der Waals surface area contributed by atoms with Gasteiger partial charge in [0.25, 0.3) is 5.56 Å². The standard InChI is InChI=1S/C16H25N5O2/c1-3-4-10-21-12-13(20(2)16(23)19-14(12)22)18-15(21)17-11-8-6-5-7-9-11/h11H,3-10H2,1-2H3,(H,17,18)(H,19,22,23). The van der Waals surface area contributed by atoms with E-state index in [1.807, 2.05) is 4.57 Å². The Morgan fingerprint density at radius 1 is 1.26 bits per heavy atom. The number of nitrogens with zero attached hydrogens (tertiary/aromatic N) is 3. The number of aromatic nitrogens is 4. The summed E-state index contributed by atoms with van der Waals surface area (Å²) in [7, 11) is 1.64. The van der Waals surface area contributed by atoms with Crippen LogP contribution in [-0.2, 0) is 13.6 Å². The summed E-state index contributed by atoms with van der Waals surface area (Å²) in [6.45, 7) is 2.84. The van der Waals surface area contributed by atoms with Crippen LogP contribution in [0.1, 0.15) is 51.9 Å². The smallest absolute Gasteiger partial charge is 0.329 e. The second-order valence-corrected chi connectivity index (χ2v) is 6.41. The minimum atomic E-state index is -0.424. The monoisotopic (exact) mass is 319 g/mol. The molecular formula is C16H25N5O2. The first kappa shape index (κ1) is 15.8. The number of nitrogens with one attached hydrogen (secondary N) is 2. The third kappa shape index (κ3) is 3.04. The lowest BCUT2D eigenvalue weighted by Crippen LogP contribution is -2.29. The predicted octanol–water partition coefficient (Wildman–Crippen LogP) is 1.97. The molecule has 0 amide bonds. The number of aromatic amines is 1. The van der Waals surface area contributed by atoms with Crippen molar-refractivity contribution < 1.29 is 0 Å². The van der Waals surface area contributed by atoms with Crippen molar-refractivity contribution in [1.29, 1.82) is 0 Å². The Morgan fingerprint density at radius 2 is 2.00 bits per heavy atom. The summed E-state index contributed by atoms with van der Waals surface area (Å²) in [5.74, 6) is 0.715. The SMILES string of the molecule is CCCCn1c(NC2CCCCC2)nc2c1c(=O)[nH]c(=O)n2C. The average molecular weight is 319 g/mol. The Bertz CT molecular complexity index is 795. The molecule has 0 saturated heterocycles. The van der Waals surface area contributed by atoms with Crippen molar-refractivity contribution in [2.75, 3.05) is 5.32 Å². The molecule has 1 aliphatic rings. The molecule has 2 aromatic rings. The van der Waals surface area contributed by atoms with Crippen molar-refractivity contribution >= 4 is 17.1 Å². The van der Waals surface area contributed by atoms with Gasteiger partial charge < -0.3 is 9.88 Å². The van der Waals surface area contributed by atoms with E-state index < -0.39 is 5.69 Å². The van der Waals surface area contributed by atoms with Crippen LogP contribution in [-0.4, -0.2) is 25.1 Å². The highest BCUT2D eigenvalue weighted by Crippen LogP contribution is 2.23. The van der Waals surface area contributed by atoms with Gasteiger partial charge in [-0.05, 0) is 19.3 Å². The first-order chi connectivity index (χ1) is 11.1. The summed E-state index contributed by atoms with van der Waals surface area (Å²) in [4.78, 5) is 31.1. The van der Waals surface area contributed by atoms with Gasteiger partial charge in [-0.3, -0.25) is 14.3 Å². The number of hydrogen-bond acceptors (Lipinski definition) is 4. The van der Waals surface area contributed by atoms with Crippen LogP contribution in [0.25, 0.3) is 11.2 Å². The van der Waals surface area contributed by atoms with Crippen LogP contribution in [0.2, 0.25) is 0 Å². The van der Waals surface area contributed by atoms with Gasteiger partial charge >= 0.3 is 5.69 Å². The number of unbranched alkanes of at least 4 members (excludes halogenated alkanes) is 1. The van der Waals surface area contributed by atoms with Gasteiger partial charge in [0.15, 0.2) is 11.2 Å². The highest BCUT2D eigenvalue weighted by molar-refractivity contribution is 5.74. The normalized spacial score (nSPS) is 16.1. The molecule has 0 radical (unpaired) electrons. The zero-order valence-corrected chi connectivity index (χ0v) is 13.9. The van der Waals surface area contributed by atoms with Crippen molar-refractivity contribution in [1.82, 2.24) is 19.1 Å². The van der Waals surface area contributed by atoms with E-state index in [-0.39, 0.29) is 5.56 Å². The van der Waals surface area contributed by atoms with Crippen LogP contribution in [0, 0.1) is 0 Å². The molecule has 1 saturated carbocycles. The fraction of sp³-hybridized carbons (Fsp3) is 0.688. The Kier molecular flexibility index (Phi) is 4.54. The van der Waals surface area contributed by atoms with Crippen molar-refractivity contribution in [3.8, 4) is 0 Å². The number of aryl methyl sites for hydroxylation is 2. The highest BCUT2D eigenvalue weighted by atomic mass is 16.2. The summed E-state index contributed by atoms with van der Waals surface area (Å²) in [5.41, 5.74) is 0.155. The number of anilines is 1. The van der Waals surface area contributed by atoms with Gasteiger partial charge in [0.1, 0.15) is 0 Å². The van der Waals surface area contributed by atoms with E-state index in [1.54, 1.807) is 7.05 Å². The topological polar surface area (TPSA) is 84.7 Å². The summed E-state index contributed by atoms with van der Waals surface area (Å²) in [6.07, 6.45) is 8.01. The molecule has 2 heterocycles. The zero-order valence-electron chi connectivity index (χ0n) is 13.9. The fourth-order valence-electron chi connectivity index (χ4n) is 3.31. The first-order valence-electron chi connectivity index (χ1n) is 8.58. The van der Waals surface area contributed by atoms with Gasteiger partial charge in [-0.2, -0.15) is 4.98 Å². The lowest BCUT2D eigenvalue weighted by molar-refractivity contribution is 0.458. The molecule has 7 nitrogen and oxygen atoms in total. The van der Waals surface area contributed by atoms with Gasteiger partial charge in [0.2, 0.25) is 5.95 Å². The molecule has 2 N–H and O–H groups in total. The molecule has 2 aromatic heterocycles. The molecular weight excluding hydrogens is 294 g/mol. The van der Waals surface area contributed by atoms with Crippen molar-refractivity contribution in [2.24, 2.45) is 7.05 Å². The largest absolute Gasteiger partial charge is 0.353 e. The molecule has 0 aliphatic heterocycles. The molecule has 1 aliphatic carbocycles. The van der Waals surface area contributed by atoms with Crippen LogP contribution in [0.5, 0.6) is 0 Å². The van der Waals surface area contributed by atoms with E-state index >= 15 is 0 Å². The summed E-state index contributed by atoms with van der Waals surface area (Å²) in [5, 5.41) is 3.51. The van der Waals surface area contributed by atoms with E-state index in [1.165, 1.54) is 23.8 Å². The minimum absolute atomic E-state index is 0.358. The Hall–Kier alpha value is -2.05. The molecule has 23 heavy (non-hydrogen) atoms. The van der Waals surface area contributed by atoms with Crippen LogP contribution in [0.4, 0.5) is 5.95 Å². The van der Waals surface area contributed by atoms with E-state index in [4.69, 9.17) is 0 Å². The lowest BCUT2D eigenvalue weighted by Gasteiger charge is -2.23. The summed E-state index contributed by atoms with van der Waals surface area (Å²) < 4.78 is 3.34. The maximum absolute atomic E-state index is 12.3. The Morgan fingerprint density at radius 3 is 2.70 bits per heavy atom. The molecule has 126 valence electrons. The van der Waals surface area contributed by atoms with E-state index in [0.29, 0.717) is 23.2 Å². The molecule has 3 rings (SSSR count).